The highest BCUT2D eigenvalue weighted by atomic mass is 32.2. The summed E-state index contributed by atoms with van der Waals surface area (Å²) in [6.07, 6.45) is 0. The SMILES string of the molecule is COc1ccc(CNC(=O)c2ccc(C)c(NC(=O)C3=CSCCO3)c2)cc1. The molecule has 0 spiro atoms. The lowest BCUT2D eigenvalue weighted by Crippen LogP contribution is -2.23. The minimum atomic E-state index is -0.314. The molecule has 6 nitrogen and oxygen atoms in total. The number of carbonyl (C=O) groups excluding carboxylic acids is 2. The molecule has 0 saturated heterocycles. The normalized spacial score (nSPS) is 13.1. The van der Waals surface area contributed by atoms with Crippen LogP contribution in [0.5, 0.6) is 5.75 Å². The molecule has 0 aliphatic carbocycles. The summed E-state index contributed by atoms with van der Waals surface area (Å²) < 4.78 is 10.5. The molecule has 0 saturated carbocycles. The summed E-state index contributed by atoms with van der Waals surface area (Å²) >= 11 is 1.54. The number of ether oxygens (including phenoxy) is 2. The van der Waals surface area contributed by atoms with E-state index in [1.165, 1.54) is 0 Å². The summed E-state index contributed by atoms with van der Waals surface area (Å²) in [6, 6.07) is 12.7. The molecule has 0 radical (unpaired) electrons. The second-order valence-corrected chi connectivity index (χ2v) is 7.19. The van der Waals surface area contributed by atoms with Gasteiger partial charge in [0.05, 0.1) is 13.7 Å². The third kappa shape index (κ3) is 5.07. The molecule has 2 amide bonds. The van der Waals surface area contributed by atoms with Gasteiger partial charge in [-0.1, -0.05) is 18.2 Å². The smallest absolute Gasteiger partial charge is 0.291 e. The molecule has 3 rings (SSSR count). The van der Waals surface area contributed by atoms with Crippen LogP contribution in [-0.4, -0.2) is 31.3 Å². The van der Waals surface area contributed by atoms with Crippen molar-refractivity contribution in [1.29, 1.82) is 0 Å². The van der Waals surface area contributed by atoms with Crippen LogP contribution in [0.2, 0.25) is 0 Å². The fraction of sp³-hybridized carbons (Fsp3) is 0.238. The molecule has 1 aliphatic heterocycles. The van der Waals surface area contributed by atoms with Crippen LogP contribution >= 0.6 is 11.8 Å². The summed E-state index contributed by atoms with van der Waals surface area (Å²) in [5, 5.41) is 7.41. The molecule has 0 aromatic heterocycles. The van der Waals surface area contributed by atoms with Gasteiger partial charge >= 0.3 is 0 Å². The highest BCUT2D eigenvalue weighted by Gasteiger charge is 2.16. The Morgan fingerprint density at radius 1 is 1.14 bits per heavy atom. The molecule has 146 valence electrons. The molecule has 1 heterocycles. The van der Waals surface area contributed by atoms with Crippen molar-refractivity contribution in [3.05, 3.63) is 70.3 Å². The van der Waals surface area contributed by atoms with Crippen LogP contribution in [0.1, 0.15) is 21.5 Å². The number of amides is 2. The summed E-state index contributed by atoms with van der Waals surface area (Å²) in [5.41, 5.74) is 2.89. The topological polar surface area (TPSA) is 76.7 Å². The van der Waals surface area contributed by atoms with E-state index in [2.05, 4.69) is 10.6 Å². The summed E-state index contributed by atoms with van der Waals surface area (Å²) in [5.74, 6) is 1.37. The van der Waals surface area contributed by atoms with Gasteiger partial charge in [-0.05, 0) is 42.3 Å². The molecule has 28 heavy (non-hydrogen) atoms. The average Bonchev–Trinajstić information content (AvgIpc) is 2.74. The maximum Gasteiger partial charge on any atom is 0.291 e. The first-order valence-corrected chi connectivity index (χ1v) is 9.89. The molecule has 0 unspecified atom stereocenters. The molecular formula is C21H22N2O4S. The van der Waals surface area contributed by atoms with E-state index in [9.17, 15) is 9.59 Å². The standard InChI is InChI=1S/C21H22N2O4S/c1-14-3-6-16(11-18(14)23-21(25)19-13-28-10-9-27-19)20(24)22-12-15-4-7-17(26-2)8-5-15/h3-8,11,13H,9-10,12H2,1-2H3,(H,22,24)(H,23,25). The van der Waals surface area contributed by atoms with Crippen molar-refractivity contribution < 1.29 is 19.1 Å². The van der Waals surface area contributed by atoms with Crippen LogP contribution in [0, 0.1) is 6.92 Å². The van der Waals surface area contributed by atoms with Crippen molar-refractivity contribution in [3.8, 4) is 5.75 Å². The van der Waals surface area contributed by atoms with Gasteiger partial charge in [-0.2, -0.15) is 0 Å². The zero-order valence-electron chi connectivity index (χ0n) is 15.8. The molecule has 2 N–H and O–H groups in total. The van der Waals surface area contributed by atoms with E-state index < -0.39 is 0 Å². The van der Waals surface area contributed by atoms with Gasteiger partial charge in [-0.25, -0.2) is 0 Å². The molecule has 7 heteroatoms. The lowest BCUT2D eigenvalue weighted by atomic mass is 10.1. The van der Waals surface area contributed by atoms with Crippen LogP contribution in [0.25, 0.3) is 0 Å². The minimum Gasteiger partial charge on any atom is -0.497 e. The number of hydrogen-bond donors (Lipinski definition) is 2. The largest absolute Gasteiger partial charge is 0.497 e. The van der Waals surface area contributed by atoms with Crippen molar-refractivity contribution in [2.45, 2.75) is 13.5 Å². The Balaban J connectivity index is 1.64. The Morgan fingerprint density at radius 3 is 2.61 bits per heavy atom. The van der Waals surface area contributed by atoms with Gasteiger partial charge in [0.15, 0.2) is 5.76 Å². The third-order valence-corrected chi connectivity index (χ3v) is 5.02. The van der Waals surface area contributed by atoms with E-state index in [1.807, 2.05) is 37.3 Å². The van der Waals surface area contributed by atoms with Crippen molar-refractivity contribution in [1.82, 2.24) is 5.32 Å². The van der Waals surface area contributed by atoms with Gasteiger partial charge in [0.2, 0.25) is 0 Å². The number of anilines is 1. The fourth-order valence-electron chi connectivity index (χ4n) is 2.60. The van der Waals surface area contributed by atoms with Gasteiger partial charge in [-0.3, -0.25) is 9.59 Å². The van der Waals surface area contributed by atoms with Gasteiger partial charge < -0.3 is 20.1 Å². The molecule has 1 aliphatic rings. The predicted octanol–water partition coefficient (Wildman–Crippen LogP) is 3.48. The Morgan fingerprint density at radius 2 is 1.93 bits per heavy atom. The number of aryl methyl sites for hydroxylation is 1. The molecule has 2 aromatic carbocycles. The maximum atomic E-state index is 12.5. The zero-order chi connectivity index (χ0) is 19.9. The first-order valence-electron chi connectivity index (χ1n) is 8.84. The van der Waals surface area contributed by atoms with Crippen LogP contribution in [0.3, 0.4) is 0 Å². The van der Waals surface area contributed by atoms with E-state index in [0.29, 0.717) is 30.2 Å². The average molecular weight is 398 g/mol. The number of thioether (sulfide) groups is 1. The molecule has 0 atom stereocenters. The van der Waals surface area contributed by atoms with Gasteiger partial charge in [-0.15, -0.1) is 11.8 Å². The number of hydrogen-bond acceptors (Lipinski definition) is 5. The number of methoxy groups -OCH3 is 1. The Bertz CT molecular complexity index is 894. The Labute approximate surface area is 168 Å². The number of benzene rings is 2. The van der Waals surface area contributed by atoms with E-state index in [-0.39, 0.29) is 11.8 Å². The summed E-state index contributed by atoms with van der Waals surface area (Å²) in [4.78, 5) is 24.8. The van der Waals surface area contributed by atoms with Gasteiger partial charge in [0.1, 0.15) is 5.75 Å². The van der Waals surface area contributed by atoms with E-state index in [1.54, 1.807) is 36.4 Å². The van der Waals surface area contributed by atoms with E-state index >= 15 is 0 Å². The molecule has 0 bridgehead atoms. The highest BCUT2D eigenvalue weighted by Crippen LogP contribution is 2.21. The quantitative estimate of drug-likeness (QED) is 0.779. The first-order chi connectivity index (χ1) is 13.6. The number of rotatable bonds is 6. The zero-order valence-corrected chi connectivity index (χ0v) is 16.6. The number of nitrogens with one attached hydrogen (secondary N) is 2. The molecular weight excluding hydrogens is 376 g/mol. The fourth-order valence-corrected chi connectivity index (χ4v) is 3.22. The summed E-state index contributed by atoms with van der Waals surface area (Å²) in [6.45, 7) is 2.78. The van der Waals surface area contributed by atoms with Gasteiger partial charge in [0, 0.05) is 29.0 Å². The Hall–Kier alpha value is -2.93. The molecule has 0 fully saturated rings. The lowest BCUT2D eigenvalue weighted by molar-refractivity contribution is -0.116. The lowest BCUT2D eigenvalue weighted by Gasteiger charge is -2.15. The van der Waals surface area contributed by atoms with E-state index in [4.69, 9.17) is 9.47 Å². The second kappa shape index (κ2) is 9.32. The van der Waals surface area contributed by atoms with Crippen molar-refractivity contribution in [2.75, 3.05) is 24.8 Å². The maximum absolute atomic E-state index is 12.5. The van der Waals surface area contributed by atoms with Crippen LogP contribution in [0.15, 0.2) is 53.6 Å². The minimum absolute atomic E-state index is 0.213. The second-order valence-electron chi connectivity index (χ2n) is 6.22. The monoisotopic (exact) mass is 398 g/mol. The third-order valence-electron chi connectivity index (χ3n) is 4.23. The van der Waals surface area contributed by atoms with Crippen molar-refractivity contribution in [2.24, 2.45) is 0 Å². The van der Waals surface area contributed by atoms with Crippen LogP contribution < -0.4 is 15.4 Å². The molecule has 2 aromatic rings. The first kappa shape index (κ1) is 19.8. The number of carbonyl (C=O) groups is 2. The van der Waals surface area contributed by atoms with E-state index in [0.717, 1.165) is 22.6 Å². The highest BCUT2D eigenvalue weighted by molar-refractivity contribution is 8.02. The van der Waals surface area contributed by atoms with Crippen LogP contribution in [-0.2, 0) is 16.1 Å². The van der Waals surface area contributed by atoms with Crippen LogP contribution in [0.4, 0.5) is 5.69 Å². The van der Waals surface area contributed by atoms with Crippen molar-refractivity contribution in [3.63, 3.8) is 0 Å². The summed E-state index contributed by atoms with van der Waals surface area (Å²) in [7, 11) is 1.61. The predicted molar refractivity (Wildman–Crippen MR) is 110 cm³/mol. The van der Waals surface area contributed by atoms with Crippen molar-refractivity contribution >= 4 is 29.3 Å². The Kier molecular flexibility index (Phi) is 6.60. The van der Waals surface area contributed by atoms with Gasteiger partial charge in [0.25, 0.3) is 11.8 Å².